The molecule has 0 amide bonds. The third-order valence-electron chi connectivity index (χ3n) is 7.81. The van der Waals surface area contributed by atoms with Crippen molar-refractivity contribution in [2.75, 3.05) is 0 Å². The molecule has 2 aliphatic rings. The van der Waals surface area contributed by atoms with Gasteiger partial charge in [0.05, 0.1) is 0 Å². The van der Waals surface area contributed by atoms with E-state index in [1.807, 2.05) is 0 Å². The van der Waals surface area contributed by atoms with Crippen molar-refractivity contribution in [2.24, 2.45) is 17.8 Å². The third kappa shape index (κ3) is 5.40. The smallest absolute Gasteiger partial charge is 0.402 e. The van der Waals surface area contributed by atoms with Crippen molar-refractivity contribution in [3.63, 3.8) is 0 Å². The number of benzene rings is 2. The van der Waals surface area contributed by atoms with Gasteiger partial charge in [-0.15, -0.1) is 13.2 Å². The van der Waals surface area contributed by atoms with E-state index >= 15 is 4.39 Å². The van der Waals surface area contributed by atoms with Gasteiger partial charge in [0.2, 0.25) is 0 Å². The predicted molar refractivity (Wildman–Crippen MR) is 120 cm³/mol. The number of halogens is 4. The molecule has 0 heterocycles. The van der Waals surface area contributed by atoms with Gasteiger partial charge in [0.15, 0.2) is 11.6 Å². The summed E-state index contributed by atoms with van der Waals surface area (Å²) in [4.78, 5) is 0. The molecule has 0 saturated heterocycles. The number of rotatable bonds is 7. The maximum absolute atomic E-state index is 15.4. The maximum Gasteiger partial charge on any atom is 0.573 e. The fourth-order valence-corrected chi connectivity index (χ4v) is 6.21. The van der Waals surface area contributed by atoms with Crippen LogP contribution in [0.3, 0.4) is 0 Å². The fraction of sp³-hybridized carbons (Fsp3) is 0.630. The first kappa shape index (κ1) is 23.4. The summed E-state index contributed by atoms with van der Waals surface area (Å²) in [6, 6.07) is 8.34. The number of unbranched alkanes of at least 4 members (excludes halogenated alkanes) is 3. The summed E-state index contributed by atoms with van der Waals surface area (Å²) in [7, 11) is 0. The van der Waals surface area contributed by atoms with E-state index < -0.39 is 17.9 Å². The van der Waals surface area contributed by atoms with Crippen LogP contribution in [0.15, 0.2) is 30.3 Å². The predicted octanol–water partition coefficient (Wildman–Crippen LogP) is 9.15. The Morgan fingerprint density at radius 1 is 0.938 bits per heavy atom. The molecule has 0 spiro atoms. The number of alkyl halides is 3. The van der Waals surface area contributed by atoms with Gasteiger partial charge in [-0.25, -0.2) is 4.39 Å². The van der Waals surface area contributed by atoms with E-state index in [0.29, 0.717) is 22.8 Å². The van der Waals surface area contributed by atoms with Crippen LogP contribution in [-0.2, 0) is 0 Å². The molecule has 5 heteroatoms. The van der Waals surface area contributed by atoms with Crippen LogP contribution in [0.5, 0.6) is 5.75 Å². The van der Waals surface area contributed by atoms with E-state index in [0.717, 1.165) is 25.2 Å². The summed E-state index contributed by atoms with van der Waals surface area (Å²) in [6.07, 6.45) is 8.06. The van der Waals surface area contributed by atoms with Crippen molar-refractivity contribution in [3.8, 4) is 5.75 Å². The quantitative estimate of drug-likeness (QED) is 0.302. The molecule has 0 radical (unpaired) electrons. The Balaban J connectivity index is 1.49. The summed E-state index contributed by atoms with van der Waals surface area (Å²) in [5.41, 5.74) is 0.392. The highest BCUT2D eigenvalue weighted by molar-refractivity contribution is 5.89. The van der Waals surface area contributed by atoms with Crippen LogP contribution in [0.2, 0.25) is 0 Å². The summed E-state index contributed by atoms with van der Waals surface area (Å²) in [5.74, 6) is 0.494. The lowest BCUT2D eigenvalue weighted by atomic mass is 9.63. The minimum absolute atomic E-state index is 0.0439. The zero-order chi connectivity index (χ0) is 22.7. The molecule has 0 bridgehead atoms. The van der Waals surface area contributed by atoms with Gasteiger partial charge in [-0.1, -0.05) is 69.7 Å². The molecule has 0 N–H and O–H groups in total. The van der Waals surface area contributed by atoms with Crippen molar-refractivity contribution >= 4 is 10.8 Å². The van der Waals surface area contributed by atoms with E-state index in [1.165, 1.54) is 57.4 Å². The molecule has 4 rings (SSSR count). The van der Waals surface area contributed by atoms with Crippen molar-refractivity contribution in [2.45, 2.75) is 89.8 Å². The van der Waals surface area contributed by atoms with Crippen LogP contribution in [0.1, 0.15) is 89.0 Å². The van der Waals surface area contributed by atoms with Gasteiger partial charge in [-0.05, 0) is 72.8 Å². The third-order valence-corrected chi connectivity index (χ3v) is 7.81. The average molecular weight is 451 g/mol. The molecule has 2 aromatic rings. The fourth-order valence-electron chi connectivity index (χ4n) is 6.21. The Bertz CT molecular complexity index is 906. The van der Waals surface area contributed by atoms with Crippen molar-refractivity contribution in [1.29, 1.82) is 0 Å². The lowest BCUT2D eigenvalue weighted by Gasteiger charge is -2.42. The first-order valence-corrected chi connectivity index (χ1v) is 12.3. The molecule has 2 aromatic carbocycles. The minimum atomic E-state index is -4.92. The van der Waals surface area contributed by atoms with Crippen molar-refractivity contribution in [1.82, 2.24) is 0 Å². The second-order valence-electron chi connectivity index (χ2n) is 9.94. The van der Waals surface area contributed by atoms with E-state index in [9.17, 15) is 13.2 Å². The molecule has 2 saturated carbocycles. The average Bonchev–Trinajstić information content (AvgIpc) is 2.77. The van der Waals surface area contributed by atoms with Gasteiger partial charge in [-0.3, -0.25) is 0 Å². The molecule has 2 aliphatic carbocycles. The molecule has 2 fully saturated rings. The van der Waals surface area contributed by atoms with Crippen LogP contribution in [0.4, 0.5) is 17.6 Å². The lowest BCUT2D eigenvalue weighted by molar-refractivity contribution is -0.275. The number of fused-ring (bicyclic) bond motifs is 2. The molecular formula is C27H34F4O. The van der Waals surface area contributed by atoms with Crippen molar-refractivity contribution < 1.29 is 22.3 Å². The van der Waals surface area contributed by atoms with Gasteiger partial charge in [0, 0.05) is 5.39 Å². The standard InChI is InChI=1S/C27H34F4O/c1-2-3-4-5-8-18-11-12-20-16-22(14-13-19(20)15-18)24-17-21-9-6-7-10-23(21)26(25(24)28)32-27(29,30)31/h6-7,9-10,17-20,22H,2-5,8,11-16H2,1H3. The Morgan fingerprint density at radius 3 is 2.47 bits per heavy atom. The summed E-state index contributed by atoms with van der Waals surface area (Å²) >= 11 is 0. The number of hydrogen-bond acceptors (Lipinski definition) is 1. The number of hydrogen-bond donors (Lipinski definition) is 0. The van der Waals surface area contributed by atoms with Crippen molar-refractivity contribution in [3.05, 3.63) is 41.7 Å². The van der Waals surface area contributed by atoms with E-state index in [2.05, 4.69) is 11.7 Å². The Hall–Kier alpha value is -1.78. The molecule has 1 nitrogen and oxygen atoms in total. The molecule has 4 unspecified atom stereocenters. The molecule has 0 aromatic heterocycles. The largest absolute Gasteiger partial charge is 0.573 e. The van der Waals surface area contributed by atoms with Gasteiger partial charge >= 0.3 is 6.36 Å². The molecule has 176 valence electrons. The molecule has 0 aliphatic heterocycles. The first-order valence-electron chi connectivity index (χ1n) is 12.3. The van der Waals surface area contributed by atoms with Crippen LogP contribution in [0.25, 0.3) is 10.8 Å². The minimum Gasteiger partial charge on any atom is -0.402 e. The van der Waals surface area contributed by atoms with Crippen LogP contribution >= 0.6 is 0 Å². The second-order valence-corrected chi connectivity index (χ2v) is 9.94. The highest BCUT2D eigenvalue weighted by atomic mass is 19.4. The first-order chi connectivity index (χ1) is 15.4. The topological polar surface area (TPSA) is 9.23 Å². The highest BCUT2D eigenvalue weighted by Gasteiger charge is 2.38. The summed E-state index contributed by atoms with van der Waals surface area (Å²) in [5, 5.41) is 0.768. The van der Waals surface area contributed by atoms with E-state index in [-0.39, 0.29) is 11.3 Å². The monoisotopic (exact) mass is 450 g/mol. The van der Waals surface area contributed by atoms with E-state index in [4.69, 9.17) is 0 Å². The lowest BCUT2D eigenvalue weighted by Crippen LogP contribution is -2.30. The number of ether oxygens (including phenoxy) is 1. The highest BCUT2D eigenvalue weighted by Crippen LogP contribution is 2.50. The SMILES string of the molecule is CCCCCCC1CCC2CC(c3cc4ccccc4c(OC(F)(F)F)c3F)CCC2C1. The second kappa shape index (κ2) is 10.0. The zero-order valence-electron chi connectivity index (χ0n) is 18.9. The van der Waals surface area contributed by atoms with Gasteiger partial charge in [-0.2, -0.15) is 0 Å². The Kier molecular flexibility index (Phi) is 7.31. The van der Waals surface area contributed by atoms with Gasteiger partial charge in [0.25, 0.3) is 0 Å². The zero-order valence-corrected chi connectivity index (χ0v) is 18.9. The van der Waals surface area contributed by atoms with Gasteiger partial charge in [0.1, 0.15) is 0 Å². The molecule has 4 atom stereocenters. The van der Waals surface area contributed by atoms with Crippen LogP contribution < -0.4 is 4.74 Å². The molecular weight excluding hydrogens is 416 g/mol. The molecule has 32 heavy (non-hydrogen) atoms. The van der Waals surface area contributed by atoms with E-state index in [1.54, 1.807) is 24.3 Å². The van der Waals surface area contributed by atoms with Crippen LogP contribution in [-0.4, -0.2) is 6.36 Å². The maximum atomic E-state index is 15.4. The summed E-state index contributed by atoms with van der Waals surface area (Å²) < 4.78 is 58.6. The normalized spacial score (nSPS) is 26.2. The Labute approximate surface area is 188 Å². The van der Waals surface area contributed by atoms with Gasteiger partial charge < -0.3 is 4.74 Å². The summed E-state index contributed by atoms with van der Waals surface area (Å²) in [6.45, 7) is 2.24. The Morgan fingerprint density at radius 2 is 1.69 bits per heavy atom. The van der Waals surface area contributed by atoms with Crippen LogP contribution in [0, 0.1) is 23.6 Å².